The standard InChI is InChI=1S/C23H35NO7S/c1-16(2)17(3)31-20-18(21-24-23(4,15-32-21)22(25)26)7-6-8-19(20)30-14-13-29-12-11-28-10-9-27-5/h6-8,16-17H,9-15H2,1-5H3,(H,25,26)/t17?,23-/m1/s1. The second kappa shape index (κ2) is 13.0. The van der Waals surface area contributed by atoms with Crippen LogP contribution < -0.4 is 9.47 Å². The van der Waals surface area contributed by atoms with Gasteiger partial charge in [0, 0.05) is 12.9 Å². The zero-order valence-electron chi connectivity index (χ0n) is 19.6. The molecule has 0 aromatic heterocycles. The largest absolute Gasteiger partial charge is 0.487 e. The van der Waals surface area contributed by atoms with Crippen LogP contribution in [0.1, 0.15) is 33.3 Å². The van der Waals surface area contributed by atoms with Crippen molar-refractivity contribution in [2.45, 2.75) is 39.3 Å². The van der Waals surface area contributed by atoms with Crippen LogP contribution in [0, 0.1) is 5.92 Å². The Balaban J connectivity index is 2.07. The third-order valence-corrected chi connectivity index (χ3v) is 6.33. The van der Waals surface area contributed by atoms with Gasteiger partial charge in [-0.3, -0.25) is 4.99 Å². The number of hydrogen-bond donors (Lipinski definition) is 1. The van der Waals surface area contributed by atoms with Crippen molar-refractivity contribution < 1.29 is 33.6 Å². The number of benzene rings is 1. The van der Waals surface area contributed by atoms with Gasteiger partial charge in [0.05, 0.1) is 44.7 Å². The Morgan fingerprint density at radius 2 is 1.78 bits per heavy atom. The number of rotatable bonds is 15. The third-order valence-electron chi connectivity index (χ3n) is 5.04. The number of carboxylic acid groups (broad SMARTS) is 1. The maximum atomic E-state index is 11.6. The summed E-state index contributed by atoms with van der Waals surface area (Å²) >= 11 is 1.42. The maximum absolute atomic E-state index is 11.6. The quantitative estimate of drug-likeness (QED) is 0.390. The Morgan fingerprint density at radius 3 is 2.38 bits per heavy atom. The molecule has 0 bridgehead atoms. The van der Waals surface area contributed by atoms with E-state index in [1.54, 1.807) is 14.0 Å². The highest BCUT2D eigenvalue weighted by atomic mass is 32.2. The topological polar surface area (TPSA) is 95.8 Å². The lowest BCUT2D eigenvalue weighted by Gasteiger charge is -2.22. The normalized spacial score (nSPS) is 19.1. The molecule has 1 heterocycles. The van der Waals surface area contributed by atoms with Gasteiger partial charge in [-0.2, -0.15) is 0 Å². The molecule has 0 aliphatic carbocycles. The van der Waals surface area contributed by atoms with Crippen molar-refractivity contribution in [2.24, 2.45) is 10.9 Å². The van der Waals surface area contributed by atoms with Crippen molar-refractivity contribution in [1.82, 2.24) is 0 Å². The van der Waals surface area contributed by atoms with E-state index < -0.39 is 11.5 Å². The summed E-state index contributed by atoms with van der Waals surface area (Å²) in [5.41, 5.74) is -0.394. The van der Waals surface area contributed by atoms with Crippen LogP contribution in [-0.4, -0.2) is 80.3 Å². The fraction of sp³-hybridized carbons (Fsp3) is 0.652. The van der Waals surface area contributed by atoms with Crippen molar-refractivity contribution in [2.75, 3.05) is 52.5 Å². The number of thioether (sulfide) groups is 1. The molecule has 2 atom stereocenters. The van der Waals surface area contributed by atoms with Gasteiger partial charge < -0.3 is 28.8 Å². The zero-order chi connectivity index (χ0) is 23.6. The Labute approximate surface area is 194 Å². The highest BCUT2D eigenvalue weighted by Crippen LogP contribution is 2.39. The number of methoxy groups -OCH3 is 1. The second-order valence-electron chi connectivity index (χ2n) is 8.05. The van der Waals surface area contributed by atoms with Gasteiger partial charge in [-0.1, -0.05) is 19.9 Å². The molecule has 1 aromatic carbocycles. The molecule has 0 radical (unpaired) electrons. The smallest absolute Gasteiger partial charge is 0.332 e. The fourth-order valence-corrected chi connectivity index (χ4v) is 3.85. The van der Waals surface area contributed by atoms with Gasteiger partial charge >= 0.3 is 5.97 Å². The lowest BCUT2D eigenvalue weighted by Crippen LogP contribution is -2.33. The van der Waals surface area contributed by atoms with E-state index in [0.29, 0.717) is 67.9 Å². The molecule has 0 spiro atoms. The minimum Gasteiger partial charge on any atom is -0.487 e. The van der Waals surface area contributed by atoms with E-state index in [4.69, 9.17) is 23.7 Å². The summed E-state index contributed by atoms with van der Waals surface area (Å²) in [6, 6.07) is 5.60. The van der Waals surface area contributed by atoms with E-state index >= 15 is 0 Å². The highest BCUT2D eigenvalue weighted by Gasteiger charge is 2.39. The van der Waals surface area contributed by atoms with Crippen molar-refractivity contribution in [3.8, 4) is 11.5 Å². The van der Waals surface area contributed by atoms with E-state index in [1.165, 1.54) is 11.8 Å². The van der Waals surface area contributed by atoms with E-state index in [-0.39, 0.29) is 6.10 Å². The minimum atomic E-state index is -1.14. The van der Waals surface area contributed by atoms with Crippen LogP contribution in [0.5, 0.6) is 11.5 Å². The number of aliphatic carboxylic acids is 1. The van der Waals surface area contributed by atoms with Gasteiger partial charge in [0.25, 0.3) is 0 Å². The molecule has 180 valence electrons. The number of ether oxygens (including phenoxy) is 5. The van der Waals surface area contributed by atoms with Gasteiger partial charge in [0.2, 0.25) is 0 Å². The first-order valence-corrected chi connectivity index (χ1v) is 11.8. The van der Waals surface area contributed by atoms with Crippen LogP contribution in [-0.2, 0) is 19.0 Å². The summed E-state index contributed by atoms with van der Waals surface area (Å²) < 4.78 is 28.1. The summed E-state index contributed by atoms with van der Waals surface area (Å²) in [6.07, 6.45) is -0.0585. The Bertz CT molecular complexity index is 771. The Kier molecular flexibility index (Phi) is 10.8. The average Bonchev–Trinajstić information content (AvgIpc) is 3.16. The van der Waals surface area contributed by atoms with Gasteiger partial charge in [-0.15, -0.1) is 11.8 Å². The summed E-state index contributed by atoms with van der Waals surface area (Å²) in [5, 5.41) is 10.2. The third kappa shape index (κ3) is 7.65. The molecule has 0 amide bonds. The molecule has 1 N–H and O–H groups in total. The van der Waals surface area contributed by atoms with Crippen molar-refractivity contribution in [3.05, 3.63) is 23.8 Å². The number of carbonyl (C=O) groups is 1. The van der Waals surface area contributed by atoms with Crippen LogP contribution in [0.25, 0.3) is 0 Å². The minimum absolute atomic E-state index is 0.0585. The molecule has 0 saturated carbocycles. The number of hydrogen-bond acceptors (Lipinski definition) is 8. The molecular weight excluding hydrogens is 434 g/mol. The molecular formula is C23H35NO7S. The van der Waals surface area contributed by atoms with E-state index in [1.807, 2.05) is 25.1 Å². The molecule has 0 saturated heterocycles. The SMILES string of the molecule is COCCOCCOCCOc1cccc(C2=N[C@@](C)(C(=O)O)CS2)c1OC(C)C(C)C. The van der Waals surface area contributed by atoms with E-state index in [0.717, 1.165) is 5.56 Å². The predicted molar refractivity (Wildman–Crippen MR) is 125 cm³/mol. The first-order chi connectivity index (χ1) is 15.3. The van der Waals surface area contributed by atoms with E-state index in [2.05, 4.69) is 18.8 Å². The number of nitrogens with zero attached hydrogens (tertiary/aromatic N) is 1. The summed E-state index contributed by atoms with van der Waals surface area (Å²) in [6.45, 7) is 10.6. The second-order valence-corrected chi connectivity index (χ2v) is 9.01. The summed E-state index contributed by atoms with van der Waals surface area (Å²) in [4.78, 5) is 16.1. The Morgan fingerprint density at radius 1 is 1.12 bits per heavy atom. The first-order valence-electron chi connectivity index (χ1n) is 10.8. The van der Waals surface area contributed by atoms with Crippen LogP contribution >= 0.6 is 11.8 Å². The van der Waals surface area contributed by atoms with Crippen LogP contribution in [0.2, 0.25) is 0 Å². The molecule has 2 rings (SSSR count). The van der Waals surface area contributed by atoms with Crippen LogP contribution in [0.4, 0.5) is 0 Å². The van der Waals surface area contributed by atoms with Crippen molar-refractivity contribution >= 4 is 22.8 Å². The molecule has 1 aromatic rings. The van der Waals surface area contributed by atoms with Crippen LogP contribution in [0.15, 0.2) is 23.2 Å². The number of para-hydroxylation sites is 1. The average molecular weight is 470 g/mol. The van der Waals surface area contributed by atoms with E-state index in [9.17, 15) is 9.90 Å². The van der Waals surface area contributed by atoms with Gasteiger partial charge in [-0.25, -0.2) is 4.79 Å². The molecule has 0 fully saturated rings. The van der Waals surface area contributed by atoms with Gasteiger partial charge in [-0.05, 0) is 31.9 Å². The predicted octanol–water partition coefficient (Wildman–Crippen LogP) is 3.51. The van der Waals surface area contributed by atoms with Crippen molar-refractivity contribution in [3.63, 3.8) is 0 Å². The molecule has 9 heteroatoms. The molecule has 1 aliphatic rings. The number of aliphatic imine (C=N–C) groups is 1. The maximum Gasteiger partial charge on any atom is 0.332 e. The molecule has 32 heavy (non-hydrogen) atoms. The summed E-state index contributed by atoms with van der Waals surface area (Å²) in [5.74, 6) is 0.899. The number of carboxylic acids is 1. The molecule has 1 aliphatic heterocycles. The fourth-order valence-electron chi connectivity index (χ4n) is 2.66. The van der Waals surface area contributed by atoms with Gasteiger partial charge in [0.1, 0.15) is 11.7 Å². The highest BCUT2D eigenvalue weighted by molar-refractivity contribution is 8.14. The lowest BCUT2D eigenvalue weighted by molar-refractivity contribution is -0.141. The molecule has 1 unspecified atom stereocenters. The van der Waals surface area contributed by atoms with Crippen LogP contribution in [0.3, 0.4) is 0 Å². The zero-order valence-corrected chi connectivity index (χ0v) is 20.4. The summed E-state index contributed by atoms with van der Waals surface area (Å²) in [7, 11) is 1.63. The van der Waals surface area contributed by atoms with Crippen molar-refractivity contribution in [1.29, 1.82) is 0 Å². The van der Waals surface area contributed by atoms with Gasteiger partial charge in [0.15, 0.2) is 17.0 Å². The molecule has 8 nitrogen and oxygen atoms in total. The Hall–Kier alpha value is -1.81. The monoisotopic (exact) mass is 469 g/mol. The lowest BCUT2D eigenvalue weighted by atomic mass is 10.1. The first kappa shape index (κ1) is 26.4.